The highest BCUT2D eigenvalue weighted by Gasteiger charge is 2.16. The van der Waals surface area contributed by atoms with Gasteiger partial charge in [0, 0.05) is 25.0 Å². The Bertz CT molecular complexity index is 680. The summed E-state index contributed by atoms with van der Waals surface area (Å²) in [5, 5.41) is 6.22. The van der Waals surface area contributed by atoms with Crippen LogP contribution < -0.4 is 10.6 Å². The fourth-order valence-electron chi connectivity index (χ4n) is 2.87. The van der Waals surface area contributed by atoms with Crippen molar-refractivity contribution in [2.24, 2.45) is 5.92 Å². The van der Waals surface area contributed by atoms with Crippen LogP contribution in [0.2, 0.25) is 0 Å². The summed E-state index contributed by atoms with van der Waals surface area (Å²) >= 11 is 0. The van der Waals surface area contributed by atoms with Crippen LogP contribution in [0.5, 0.6) is 0 Å². The topological polar surface area (TPSA) is 66.9 Å². The molecule has 0 saturated carbocycles. The zero-order valence-corrected chi connectivity index (χ0v) is 14.8. The van der Waals surface area contributed by atoms with E-state index in [1.165, 1.54) is 37.4 Å². The van der Waals surface area contributed by atoms with Crippen LogP contribution in [-0.4, -0.2) is 35.5 Å². The predicted octanol–water partition coefficient (Wildman–Crippen LogP) is 2.73. The number of hydrogen-bond donors (Lipinski definition) is 2. The van der Waals surface area contributed by atoms with Crippen molar-refractivity contribution in [3.05, 3.63) is 35.9 Å². The second-order valence-corrected chi connectivity index (χ2v) is 5.63. The molecule has 1 aromatic carbocycles. The average Bonchev–Trinajstić information content (AvgIpc) is 2.55. The first-order valence-corrected chi connectivity index (χ1v) is 7.63. The zero-order chi connectivity index (χ0) is 15.4. The summed E-state index contributed by atoms with van der Waals surface area (Å²) in [5.41, 5.74) is 1.06. The van der Waals surface area contributed by atoms with Crippen LogP contribution in [-0.2, 0) is 0 Å². The number of rotatable bonds is 4. The Morgan fingerprint density at radius 1 is 1.29 bits per heavy atom. The lowest BCUT2D eigenvalue weighted by molar-refractivity contribution is 0.0951. The number of benzene rings is 1. The molecule has 8 heteroatoms. The Balaban J connectivity index is 0.00000144. The lowest BCUT2D eigenvalue weighted by Crippen LogP contribution is -2.33. The molecule has 2 aromatic rings. The normalized spacial score (nSPS) is 16.8. The van der Waals surface area contributed by atoms with Gasteiger partial charge in [0.15, 0.2) is 0 Å². The number of amides is 1. The van der Waals surface area contributed by atoms with Crippen LogP contribution in [0.3, 0.4) is 0 Å². The minimum Gasteiger partial charge on any atom is -0.352 e. The van der Waals surface area contributed by atoms with E-state index in [4.69, 9.17) is 0 Å². The molecule has 132 valence electrons. The van der Waals surface area contributed by atoms with E-state index in [9.17, 15) is 9.18 Å². The van der Waals surface area contributed by atoms with Gasteiger partial charge < -0.3 is 10.6 Å². The van der Waals surface area contributed by atoms with Crippen molar-refractivity contribution in [2.75, 3.05) is 19.6 Å². The number of aromatic nitrogens is 2. The highest BCUT2D eigenvalue weighted by molar-refractivity contribution is 6.04. The molecular weight excluding hydrogens is 354 g/mol. The monoisotopic (exact) mass is 374 g/mol. The largest absolute Gasteiger partial charge is 0.352 e. The number of piperidine rings is 1. The van der Waals surface area contributed by atoms with E-state index < -0.39 is 5.82 Å². The maximum absolute atomic E-state index is 13.6. The standard InChI is InChI=1S/C16H19FN4O.2ClH/c17-12-8-13(15-14(9-12)19-6-7-20-15)16(22)21-5-3-11-2-1-4-18-10-11;;/h6-9,11,18H,1-5,10H2,(H,21,22);2*1H. The van der Waals surface area contributed by atoms with Crippen molar-refractivity contribution < 1.29 is 9.18 Å². The Morgan fingerprint density at radius 3 is 2.83 bits per heavy atom. The van der Waals surface area contributed by atoms with Crippen molar-refractivity contribution in [1.82, 2.24) is 20.6 Å². The van der Waals surface area contributed by atoms with Gasteiger partial charge in [0.25, 0.3) is 5.91 Å². The van der Waals surface area contributed by atoms with Crippen LogP contribution in [0.4, 0.5) is 4.39 Å². The van der Waals surface area contributed by atoms with Crippen molar-refractivity contribution in [3.63, 3.8) is 0 Å². The van der Waals surface area contributed by atoms with Crippen molar-refractivity contribution >= 4 is 41.8 Å². The summed E-state index contributed by atoms with van der Waals surface area (Å²) in [6.07, 6.45) is 6.29. The average molecular weight is 375 g/mol. The van der Waals surface area contributed by atoms with E-state index in [0.29, 0.717) is 23.5 Å². The minimum absolute atomic E-state index is 0. The van der Waals surface area contributed by atoms with Gasteiger partial charge in [-0.25, -0.2) is 4.39 Å². The second kappa shape index (κ2) is 9.71. The van der Waals surface area contributed by atoms with Crippen molar-refractivity contribution in [3.8, 4) is 0 Å². The molecule has 1 amide bonds. The molecule has 2 heterocycles. The third-order valence-electron chi connectivity index (χ3n) is 4.02. The summed E-state index contributed by atoms with van der Waals surface area (Å²) in [5.74, 6) is -0.179. The van der Waals surface area contributed by atoms with E-state index in [2.05, 4.69) is 20.6 Å². The first kappa shape index (κ1) is 20.5. The Morgan fingerprint density at radius 2 is 2.08 bits per heavy atom. The number of carbonyl (C=O) groups excluding carboxylic acids is 1. The number of nitrogens with one attached hydrogen (secondary N) is 2. The summed E-state index contributed by atoms with van der Waals surface area (Å²) in [6.45, 7) is 2.67. The molecule has 1 saturated heterocycles. The molecule has 1 aliphatic rings. The van der Waals surface area contributed by atoms with Crippen molar-refractivity contribution in [1.29, 1.82) is 0 Å². The van der Waals surface area contributed by atoms with Gasteiger partial charge in [0.2, 0.25) is 0 Å². The predicted molar refractivity (Wildman–Crippen MR) is 96.5 cm³/mol. The molecule has 0 aliphatic carbocycles. The van der Waals surface area contributed by atoms with Gasteiger partial charge in [-0.3, -0.25) is 14.8 Å². The molecular formula is C16H21Cl2FN4O. The van der Waals surface area contributed by atoms with E-state index in [0.717, 1.165) is 19.5 Å². The van der Waals surface area contributed by atoms with E-state index in [1.54, 1.807) is 0 Å². The summed E-state index contributed by atoms with van der Waals surface area (Å²) in [6, 6.07) is 2.50. The van der Waals surface area contributed by atoms with Crippen LogP contribution in [0.25, 0.3) is 11.0 Å². The van der Waals surface area contributed by atoms with Crippen LogP contribution >= 0.6 is 24.8 Å². The quantitative estimate of drug-likeness (QED) is 0.863. The fraction of sp³-hybridized carbons (Fsp3) is 0.438. The molecule has 3 rings (SSSR count). The van der Waals surface area contributed by atoms with Gasteiger partial charge >= 0.3 is 0 Å². The van der Waals surface area contributed by atoms with Crippen LogP contribution in [0.15, 0.2) is 24.5 Å². The lowest BCUT2D eigenvalue weighted by atomic mass is 9.96. The molecule has 24 heavy (non-hydrogen) atoms. The third-order valence-corrected chi connectivity index (χ3v) is 4.02. The Kier molecular flexibility index (Phi) is 8.31. The molecule has 0 bridgehead atoms. The molecule has 1 unspecified atom stereocenters. The highest BCUT2D eigenvalue weighted by atomic mass is 35.5. The molecule has 0 spiro atoms. The molecule has 5 nitrogen and oxygen atoms in total. The number of carbonyl (C=O) groups is 1. The van der Waals surface area contributed by atoms with Crippen molar-refractivity contribution in [2.45, 2.75) is 19.3 Å². The third kappa shape index (κ3) is 5.00. The molecule has 1 aromatic heterocycles. The maximum Gasteiger partial charge on any atom is 0.253 e. The van der Waals surface area contributed by atoms with Crippen LogP contribution in [0.1, 0.15) is 29.6 Å². The molecule has 1 fully saturated rings. The molecule has 2 N–H and O–H groups in total. The highest BCUT2D eigenvalue weighted by Crippen LogP contribution is 2.17. The first-order chi connectivity index (χ1) is 10.7. The lowest BCUT2D eigenvalue weighted by Gasteiger charge is -2.22. The van der Waals surface area contributed by atoms with Gasteiger partial charge in [-0.05, 0) is 44.3 Å². The van der Waals surface area contributed by atoms with E-state index in [1.807, 2.05) is 0 Å². The van der Waals surface area contributed by atoms with Gasteiger partial charge in [0.05, 0.1) is 11.1 Å². The molecule has 1 aliphatic heterocycles. The summed E-state index contributed by atoms with van der Waals surface area (Å²) in [7, 11) is 0. The number of hydrogen-bond acceptors (Lipinski definition) is 4. The van der Waals surface area contributed by atoms with Gasteiger partial charge in [-0.15, -0.1) is 24.8 Å². The maximum atomic E-state index is 13.6. The Hall–Kier alpha value is -1.50. The fourth-order valence-corrected chi connectivity index (χ4v) is 2.87. The van der Waals surface area contributed by atoms with E-state index >= 15 is 0 Å². The minimum atomic E-state index is -0.477. The Labute approximate surface area is 152 Å². The molecule has 1 atom stereocenters. The number of halogens is 3. The SMILES string of the molecule is Cl.Cl.O=C(NCCC1CCCNC1)c1cc(F)cc2nccnc12. The first-order valence-electron chi connectivity index (χ1n) is 7.63. The van der Waals surface area contributed by atoms with Gasteiger partial charge in [0.1, 0.15) is 11.3 Å². The van der Waals surface area contributed by atoms with Gasteiger partial charge in [-0.2, -0.15) is 0 Å². The van der Waals surface area contributed by atoms with Crippen LogP contribution in [0, 0.1) is 11.7 Å². The zero-order valence-electron chi connectivity index (χ0n) is 13.1. The second-order valence-electron chi connectivity index (χ2n) is 5.63. The van der Waals surface area contributed by atoms with Gasteiger partial charge in [-0.1, -0.05) is 0 Å². The molecule has 0 radical (unpaired) electrons. The summed E-state index contributed by atoms with van der Waals surface area (Å²) in [4.78, 5) is 20.5. The van der Waals surface area contributed by atoms with E-state index in [-0.39, 0.29) is 36.3 Å². The number of nitrogens with zero attached hydrogens (tertiary/aromatic N) is 2. The smallest absolute Gasteiger partial charge is 0.253 e. The number of fused-ring (bicyclic) bond motifs is 1. The summed E-state index contributed by atoms with van der Waals surface area (Å²) < 4.78 is 13.6.